The molecule has 0 spiro atoms. The molecule has 0 unspecified atom stereocenters. The summed E-state index contributed by atoms with van der Waals surface area (Å²) in [6.07, 6.45) is 1.38. The van der Waals surface area contributed by atoms with Gasteiger partial charge in [-0.05, 0) is 60.2 Å². The number of amides is 1. The van der Waals surface area contributed by atoms with Gasteiger partial charge in [-0.3, -0.25) is 4.79 Å². The van der Waals surface area contributed by atoms with Gasteiger partial charge in [0.1, 0.15) is 23.2 Å². The highest BCUT2D eigenvalue weighted by Crippen LogP contribution is 2.30. The summed E-state index contributed by atoms with van der Waals surface area (Å²) in [7, 11) is 2.90. The van der Waals surface area contributed by atoms with Gasteiger partial charge in [-0.2, -0.15) is 5.26 Å². The summed E-state index contributed by atoms with van der Waals surface area (Å²) >= 11 is 0. The maximum absolute atomic E-state index is 13.1. The van der Waals surface area contributed by atoms with Crippen LogP contribution in [0.4, 0.5) is 10.1 Å². The van der Waals surface area contributed by atoms with Gasteiger partial charge in [0.2, 0.25) is 0 Å². The zero-order valence-corrected chi connectivity index (χ0v) is 17.8. The summed E-state index contributed by atoms with van der Waals surface area (Å²) in [6, 6.07) is 18.1. The van der Waals surface area contributed by atoms with Crippen LogP contribution in [-0.2, 0) is 4.79 Å². The van der Waals surface area contributed by atoms with Crippen LogP contribution in [0.1, 0.15) is 15.9 Å². The van der Waals surface area contributed by atoms with Crippen molar-refractivity contribution in [2.75, 3.05) is 19.5 Å². The number of hydrogen-bond acceptors (Lipinski definition) is 6. The van der Waals surface area contributed by atoms with E-state index in [1.807, 2.05) is 6.07 Å². The molecule has 0 aliphatic rings. The molecule has 0 heterocycles. The minimum atomic E-state index is -0.688. The van der Waals surface area contributed by atoms with Gasteiger partial charge in [0, 0.05) is 11.8 Å². The van der Waals surface area contributed by atoms with Crippen molar-refractivity contribution in [3.8, 4) is 23.3 Å². The Hall–Kier alpha value is -4.64. The minimum absolute atomic E-state index is 0.128. The van der Waals surface area contributed by atoms with Gasteiger partial charge in [-0.1, -0.05) is 12.1 Å². The molecule has 7 nitrogen and oxygen atoms in total. The van der Waals surface area contributed by atoms with Crippen LogP contribution in [-0.4, -0.2) is 26.1 Å². The lowest BCUT2D eigenvalue weighted by molar-refractivity contribution is -0.112. The number of carbonyl (C=O) groups excluding carboxylic acids is 2. The molecule has 3 aromatic rings. The molecule has 0 aliphatic carbocycles. The summed E-state index contributed by atoms with van der Waals surface area (Å²) in [5, 5.41) is 12.1. The topological polar surface area (TPSA) is 97.6 Å². The first-order valence-corrected chi connectivity index (χ1v) is 9.66. The third-order valence-electron chi connectivity index (χ3n) is 4.47. The Morgan fingerprint density at radius 2 is 1.73 bits per heavy atom. The Bertz CT molecular complexity index is 1250. The first-order chi connectivity index (χ1) is 15.9. The van der Waals surface area contributed by atoms with Crippen LogP contribution in [0.5, 0.6) is 17.2 Å². The van der Waals surface area contributed by atoms with Crippen molar-refractivity contribution in [1.29, 1.82) is 5.26 Å². The first kappa shape index (κ1) is 23.0. The SMILES string of the molecule is COc1cccc(NC(=O)/C(C#N)=C/c2ccc(OC(=O)c3ccc(F)cc3)c(OC)c2)c1. The average Bonchev–Trinajstić information content (AvgIpc) is 2.83. The highest BCUT2D eigenvalue weighted by atomic mass is 19.1. The Morgan fingerprint density at radius 1 is 0.970 bits per heavy atom. The molecule has 0 bridgehead atoms. The monoisotopic (exact) mass is 446 g/mol. The zero-order valence-electron chi connectivity index (χ0n) is 17.8. The number of nitriles is 1. The van der Waals surface area contributed by atoms with E-state index < -0.39 is 17.7 Å². The van der Waals surface area contributed by atoms with Gasteiger partial charge >= 0.3 is 5.97 Å². The fraction of sp³-hybridized carbons (Fsp3) is 0.0800. The second kappa shape index (κ2) is 10.6. The average molecular weight is 446 g/mol. The van der Waals surface area contributed by atoms with Crippen molar-refractivity contribution in [2.24, 2.45) is 0 Å². The standard InChI is InChI=1S/C25H19FN2O5/c1-31-21-5-3-4-20(14-21)28-24(29)18(15-27)12-16-6-11-22(23(13-16)32-2)33-25(30)17-7-9-19(26)10-8-17/h3-14H,1-2H3,(H,28,29)/b18-12+. The fourth-order valence-electron chi connectivity index (χ4n) is 2.82. The number of hydrogen-bond donors (Lipinski definition) is 1. The number of halogens is 1. The van der Waals surface area contributed by atoms with Gasteiger partial charge < -0.3 is 19.5 Å². The predicted octanol–water partition coefficient (Wildman–Crippen LogP) is 4.61. The van der Waals surface area contributed by atoms with E-state index in [2.05, 4.69) is 5.32 Å². The molecule has 0 aliphatic heterocycles. The van der Waals surface area contributed by atoms with Crippen LogP contribution < -0.4 is 19.5 Å². The van der Waals surface area contributed by atoms with Crippen molar-refractivity contribution in [1.82, 2.24) is 0 Å². The van der Waals surface area contributed by atoms with Crippen molar-refractivity contribution in [3.05, 3.63) is 89.2 Å². The summed E-state index contributed by atoms with van der Waals surface area (Å²) < 4.78 is 28.8. The molecule has 0 saturated carbocycles. The third-order valence-corrected chi connectivity index (χ3v) is 4.47. The largest absolute Gasteiger partial charge is 0.497 e. The zero-order chi connectivity index (χ0) is 23.8. The molecule has 33 heavy (non-hydrogen) atoms. The molecule has 0 radical (unpaired) electrons. The van der Waals surface area contributed by atoms with Gasteiger partial charge in [0.25, 0.3) is 5.91 Å². The number of nitrogens with one attached hydrogen (secondary N) is 1. The molecule has 0 saturated heterocycles. The summed E-state index contributed by atoms with van der Waals surface area (Å²) in [5.74, 6) is -0.855. The number of methoxy groups -OCH3 is 2. The Labute approximate surface area is 189 Å². The molecule has 0 aromatic heterocycles. The number of anilines is 1. The lowest BCUT2D eigenvalue weighted by Crippen LogP contribution is -2.13. The summed E-state index contributed by atoms with van der Waals surface area (Å²) in [4.78, 5) is 24.8. The van der Waals surface area contributed by atoms with Crippen LogP contribution in [0.25, 0.3) is 6.08 Å². The molecular weight excluding hydrogens is 427 g/mol. The molecule has 1 N–H and O–H groups in total. The number of esters is 1. The highest BCUT2D eigenvalue weighted by molar-refractivity contribution is 6.09. The highest BCUT2D eigenvalue weighted by Gasteiger charge is 2.15. The number of nitrogens with zero attached hydrogens (tertiary/aromatic N) is 1. The first-order valence-electron chi connectivity index (χ1n) is 9.66. The van der Waals surface area contributed by atoms with E-state index >= 15 is 0 Å². The van der Waals surface area contributed by atoms with Crippen LogP contribution in [0, 0.1) is 17.1 Å². The predicted molar refractivity (Wildman–Crippen MR) is 120 cm³/mol. The van der Waals surface area contributed by atoms with Crippen molar-refractivity contribution in [3.63, 3.8) is 0 Å². The Morgan fingerprint density at radius 3 is 2.39 bits per heavy atom. The number of carbonyl (C=O) groups is 2. The summed E-state index contributed by atoms with van der Waals surface area (Å²) in [5.41, 5.74) is 0.978. The third kappa shape index (κ3) is 5.95. The Balaban J connectivity index is 1.78. The molecule has 3 rings (SSSR count). The molecule has 166 valence electrons. The van der Waals surface area contributed by atoms with Crippen LogP contribution in [0.2, 0.25) is 0 Å². The molecular formula is C25H19FN2O5. The molecule has 1 amide bonds. The normalized spacial score (nSPS) is 10.7. The van der Waals surface area contributed by atoms with Crippen molar-refractivity contribution < 1.29 is 28.2 Å². The van der Waals surface area contributed by atoms with Gasteiger partial charge in [0.05, 0.1) is 19.8 Å². The quantitative estimate of drug-likeness (QED) is 0.246. The van der Waals surface area contributed by atoms with Gasteiger partial charge in [0.15, 0.2) is 11.5 Å². The van der Waals surface area contributed by atoms with E-state index in [-0.39, 0.29) is 22.6 Å². The second-order valence-electron chi connectivity index (χ2n) is 6.66. The fourth-order valence-corrected chi connectivity index (χ4v) is 2.82. The lowest BCUT2D eigenvalue weighted by Gasteiger charge is -2.10. The van der Waals surface area contributed by atoms with Gasteiger partial charge in [-0.15, -0.1) is 0 Å². The lowest BCUT2D eigenvalue weighted by atomic mass is 10.1. The van der Waals surface area contributed by atoms with E-state index in [4.69, 9.17) is 14.2 Å². The van der Waals surface area contributed by atoms with Crippen LogP contribution in [0.15, 0.2) is 72.3 Å². The molecule has 3 aromatic carbocycles. The maximum Gasteiger partial charge on any atom is 0.343 e. The number of rotatable bonds is 7. The van der Waals surface area contributed by atoms with E-state index in [9.17, 15) is 19.2 Å². The van der Waals surface area contributed by atoms with E-state index in [0.717, 1.165) is 12.1 Å². The Kier molecular flexibility index (Phi) is 7.39. The number of ether oxygens (including phenoxy) is 3. The number of benzene rings is 3. The minimum Gasteiger partial charge on any atom is -0.497 e. The summed E-state index contributed by atoms with van der Waals surface area (Å²) in [6.45, 7) is 0. The van der Waals surface area contributed by atoms with E-state index in [0.29, 0.717) is 17.0 Å². The molecule has 0 atom stereocenters. The van der Waals surface area contributed by atoms with Gasteiger partial charge in [-0.25, -0.2) is 9.18 Å². The molecule has 0 fully saturated rings. The molecule has 8 heteroatoms. The maximum atomic E-state index is 13.1. The van der Waals surface area contributed by atoms with E-state index in [1.54, 1.807) is 30.3 Å². The van der Waals surface area contributed by atoms with Crippen LogP contribution >= 0.6 is 0 Å². The second-order valence-corrected chi connectivity index (χ2v) is 6.66. The van der Waals surface area contributed by atoms with Crippen molar-refractivity contribution in [2.45, 2.75) is 0 Å². The van der Waals surface area contributed by atoms with E-state index in [1.165, 1.54) is 44.6 Å². The van der Waals surface area contributed by atoms with Crippen molar-refractivity contribution >= 4 is 23.6 Å². The smallest absolute Gasteiger partial charge is 0.343 e. The van der Waals surface area contributed by atoms with Crippen LogP contribution in [0.3, 0.4) is 0 Å².